The molecule has 0 aromatic heterocycles. The largest absolute Gasteiger partial charge is 0.355 e. The molecule has 1 aliphatic heterocycles. The van der Waals surface area contributed by atoms with Crippen LogP contribution in [0.2, 0.25) is 0 Å². The highest BCUT2D eigenvalue weighted by Gasteiger charge is 2.35. The lowest BCUT2D eigenvalue weighted by Gasteiger charge is -2.41. The average Bonchev–Trinajstić information content (AvgIpc) is 2.24. The fourth-order valence-electron chi connectivity index (χ4n) is 2.15. The van der Waals surface area contributed by atoms with Crippen molar-refractivity contribution in [3.05, 3.63) is 0 Å². The topological polar surface area (TPSA) is 30.5 Å². The van der Waals surface area contributed by atoms with Gasteiger partial charge in [-0.15, -0.1) is 0 Å². The summed E-state index contributed by atoms with van der Waals surface area (Å²) in [7, 11) is 0. The number of nitrogens with one attached hydrogen (secondary N) is 1. The highest BCUT2D eigenvalue weighted by atomic mass is 32.2. The third-order valence-corrected chi connectivity index (χ3v) is 4.91. The maximum Gasteiger partial charge on any atom is 0.147 e. The van der Waals surface area contributed by atoms with Crippen LogP contribution in [0.15, 0.2) is 0 Å². The molecule has 1 atom stereocenters. The summed E-state index contributed by atoms with van der Waals surface area (Å²) in [6.45, 7) is 3.43. The number of ether oxygens (including phenoxy) is 2. The van der Waals surface area contributed by atoms with Gasteiger partial charge in [0, 0.05) is 17.8 Å². The fraction of sp³-hybridized carbons (Fsp3) is 1.00. The van der Waals surface area contributed by atoms with Gasteiger partial charge in [0.05, 0.1) is 12.7 Å². The average molecular weight is 231 g/mol. The van der Waals surface area contributed by atoms with Crippen molar-refractivity contribution in [1.29, 1.82) is 0 Å². The molecule has 1 unspecified atom stereocenters. The van der Waals surface area contributed by atoms with Gasteiger partial charge in [-0.25, -0.2) is 0 Å². The summed E-state index contributed by atoms with van der Waals surface area (Å²) in [4.78, 5) is 0. The Hall–Kier alpha value is 0.230. The highest BCUT2D eigenvalue weighted by molar-refractivity contribution is 8.00. The van der Waals surface area contributed by atoms with E-state index in [9.17, 15) is 0 Å². The predicted octanol–water partition coefficient (Wildman–Crippen LogP) is 1.62. The first-order chi connectivity index (χ1) is 7.35. The van der Waals surface area contributed by atoms with E-state index >= 15 is 0 Å². The van der Waals surface area contributed by atoms with E-state index in [2.05, 4.69) is 11.6 Å². The quantitative estimate of drug-likeness (QED) is 0.779. The van der Waals surface area contributed by atoms with Crippen LogP contribution in [-0.2, 0) is 9.47 Å². The summed E-state index contributed by atoms with van der Waals surface area (Å²) in [5, 5.41) is 3.55. The summed E-state index contributed by atoms with van der Waals surface area (Å²) in [5.41, 5.74) is 0. The van der Waals surface area contributed by atoms with Gasteiger partial charge in [-0.3, -0.25) is 0 Å². The van der Waals surface area contributed by atoms with E-state index in [0.717, 1.165) is 26.1 Å². The molecule has 2 aliphatic rings. The molecular formula is C11H21NO2S. The lowest BCUT2D eigenvalue weighted by atomic mass is 9.84. The van der Waals surface area contributed by atoms with E-state index in [4.69, 9.17) is 9.47 Å². The zero-order valence-corrected chi connectivity index (χ0v) is 10.3. The van der Waals surface area contributed by atoms with Crippen LogP contribution in [0.1, 0.15) is 25.7 Å². The van der Waals surface area contributed by atoms with Crippen molar-refractivity contribution in [3.63, 3.8) is 0 Å². The smallest absolute Gasteiger partial charge is 0.147 e. The van der Waals surface area contributed by atoms with Crippen molar-refractivity contribution in [2.45, 2.75) is 36.5 Å². The molecule has 0 aromatic carbocycles. The maximum atomic E-state index is 5.49. The lowest BCUT2D eigenvalue weighted by molar-refractivity contribution is -0.137. The van der Waals surface area contributed by atoms with Crippen LogP contribution in [0.3, 0.4) is 0 Å². The second kappa shape index (κ2) is 5.53. The molecule has 0 aromatic rings. The van der Waals surface area contributed by atoms with Gasteiger partial charge in [0.25, 0.3) is 0 Å². The third kappa shape index (κ3) is 3.09. The first-order valence-corrected chi connectivity index (χ1v) is 7.02. The molecule has 4 heteroatoms. The Labute approximate surface area is 96.3 Å². The zero-order chi connectivity index (χ0) is 10.6. The first kappa shape index (κ1) is 11.7. The van der Waals surface area contributed by atoms with Gasteiger partial charge in [-0.2, -0.15) is 11.8 Å². The second-order valence-electron chi connectivity index (χ2n) is 4.48. The Kier molecular flexibility index (Phi) is 4.31. The SMILES string of the molecule is CSC1(CNCC2CCOCO2)CCC1. The molecule has 3 nitrogen and oxygen atoms in total. The Balaban J connectivity index is 1.61. The van der Waals surface area contributed by atoms with Crippen LogP contribution in [-0.4, -0.2) is 43.6 Å². The molecule has 1 saturated carbocycles. The molecule has 2 fully saturated rings. The van der Waals surface area contributed by atoms with Crippen LogP contribution >= 0.6 is 11.8 Å². The molecule has 0 spiro atoms. The molecule has 2 rings (SSSR count). The van der Waals surface area contributed by atoms with Crippen molar-refractivity contribution in [1.82, 2.24) is 5.32 Å². The highest BCUT2D eigenvalue weighted by Crippen LogP contribution is 2.42. The summed E-state index contributed by atoms with van der Waals surface area (Å²) >= 11 is 2.02. The van der Waals surface area contributed by atoms with Gasteiger partial charge in [0.2, 0.25) is 0 Å². The molecular weight excluding hydrogens is 210 g/mol. The van der Waals surface area contributed by atoms with Crippen LogP contribution in [0.5, 0.6) is 0 Å². The minimum atomic E-state index is 0.359. The molecule has 1 saturated heterocycles. The standard InChI is InChI=1S/C11H21NO2S/c1-15-11(4-2-5-11)8-12-7-10-3-6-13-9-14-10/h10,12H,2-9H2,1H3. The van der Waals surface area contributed by atoms with Crippen molar-refractivity contribution < 1.29 is 9.47 Å². The molecule has 0 bridgehead atoms. The summed E-state index contributed by atoms with van der Waals surface area (Å²) < 4.78 is 11.2. The van der Waals surface area contributed by atoms with E-state index in [1.807, 2.05) is 11.8 Å². The maximum absolute atomic E-state index is 5.49. The monoisotopic (exact) mass is 231 g/mol. The number of hydrogen-bond donors (Lipinski definition) is 1. The molecule has 1 N–H and O–H groups in total. The summed E-state index contributed by atoms with van der Waals surface area (Å²) in [6, 6.07) is 0. The van der Waals surface area contributed by atoms with Crippen molar-refractivity contribution in [2.75, 3.05) is 32.7 Å². The third-order valence-electron chi connectivity index (χ3n) is 3.49. The molecule has 1 aliphatic carbocycles. The van der Waals surface area contributed by atoms with Crippen molar-refractivity contribution in [3.8, 4) is 0 Å². The van der Waals surface area contributed by atoms with Crippen LogP contribution in [0.25, 0.3) is 0 Å². The van der Waals surface area contributed by atoms with Crippen LogP contribution < -0.4 is 5.32 Å². The molecule has 1 heterocycles. The number of thioether (sulfide) groups is 1. The summed E-state index contributed by atoms with van der Waals surface area (Å²) in [6.07, 6.45) is 7.75. The van der Waals surface area contributed by atoms with E-state index in [1.54, 1.807) is 0 Å². The lowest BCUT2D eigenvalue weighted by Crippen LogP contribution is -2.46. The van der Waals surface area contributed by atoms with Gasteiger partial charge in [-0.1, -0.05) is 6.42 Å². The Morgan fingerprint density at radius 2 is 2.33 bits per heavy atom. The second-order valence-corrected chi connectivity index (χ2v) is 5.75. The van der Waals surface area contributed by atoms with Crippen molar-refractivity contribution in [2.24, 2.45) is 0 Å². The molecule has 15 heavy (non-hydrogen) atoms. The van der Waals surface area contributed by atoms with E-state index in [-0.39, 0.29) is 0 Å². The Morgan fingerprint density at radius 3 is 2.87 bits per heavy atom. The van der Waals surface area contributed by atoms with Crippen LogP contribution in [0, 0.1) is 0 Å². The van der Waals surface area contributed by atoms with Crippen LogP contribution in [0.4, 0.5) is 0 Å². The molecule has 88 valence electrons. The van der Waals surface area contributed by atoms with Gasteiger partial charge < -0.3 is 14.8 Å². The van der Waals surface area contributed by atoms with E-state index < -0.39 is 0 Å². The van der Waals surface area contributed by atoms with Gasteiger partial charge in [0.15, 0.2) is 0 Å². The van der Waals surface area contributed by atoms with E-state index in [0.29, 0.717) is 17.6 Å². The summed E-state index contributed by atoms with van der Waals surface area (Å²) in [5.74, 6) is 0. The van der Waals surface area contributed by atoms with Gasteiger partial charge >= 0.3 is 0 Å². The Bertz CT molecular complexity index is 186. The predicted molar refractivity (Wildman–Crippen MR) is 63.3 cm³/mol. The van der Waals surface area contributed by atoms with Gasteiger partial charge in [0.1, 0.15) is 6.79 Å². The molecule has 0 amide bonds. The van der Waals surface area contributed by atoms with E-state index in [1.165, 1.54) is 19.3 Å². The minimum Gasteiger partial charge on any atom is -0.355 e. The normalized spacial score (nSPS) is 29.8. The molecule has 0 radical (unpaired) electrons. The minimum absolute atomic E-state index is 0.359. The Morgan fingerprint density at radius 1 is 1.47 bits per heavy atom. The van der Waals surface area contributed by atoms with Gasteiger partial charge in [-0.05, 0) is 25.5 Å². The van der Waals surface area contributed by atoms with Crippen molar-refractivity contribution >= 4 is 11.8 Å². The first-order valence-electron chi connectivity index (χ1n) is 5.80. The fourth-order valence-corrected chi connectivity index (χ4v) is 3.09. The number of hydrogen-bond acceptors (Lipinski definition) is 4. The number of rotatable bonds is 5. The zero-order valence-electron chi connectivity index (χ0n) is 9.46.